The predicted octanol–water partition coefficient (Wildman–Crippen LogP) is 2.55. The Morgan fingerprint density at radius 3 is 1.67 bits per heavy atom. The van der Waals surface area contributed by atoms with Crippen LogP contribution in [0.4, 0.5) is 0 Å². The van der Waals surface area contributed by atoms with Crippen molar-refractivity contribution in [3.63, 3.8) is 0 Å². The summed E-state index contributed by atoms with van der Waals surface area (Å²) in [5, 5.41) is 3.93. The molecule has 0 aliphatic carbocycles. The van der Waals surface area contributed by atoms with E-state index in [-0.39, 0.29) is 0 Å². The maximum Gasteiger partial charge on any atom is 0.114 e. The second-order valence-electron chi connectivity index (χ2n) is 5.02. The van der Waals surface area contributed by atoms with E-state index in [1.165, 1.54) is 21.5 Å². The molecule has 3 aromatic carbocycles. The molecule has 0 bridgehead atoms. The van der Waals surface area contributed by atoms with E-state index in [0.29, 0.717) is 0 Å². The molecule has 0 saturated heterocycles. The first kappa shape index (κ1) is 14.1. The Morgan fingerprint density at radius 1 is 0.667 bits per heavy atom. The van der Waals surface area contributed by atoms with Crippen LogP contribution in [0.5, 0.6) is 0 Å². The zero-order valence-electron chi connectivity index (χ0n) is 12.0. The summed E-state index contributed by atoms with van der Waals surface area (Å²) in [6, 6.07) is 27.5. The molecule has 3 rings (SSSR count). The third-order valence-corrected chi connectivity index (χ3v) is 6.21. The Hall–Kier alpha value is -1.85. The fourth-order valence-electron chi connectivity index (χ4n) is 2.55. The predicted molar refractivity (Wildman–Crippen MR) is 95.3 cm³/mol. The molecular formula is C19H16BP. The number of hydrogen-bond donors (Lipinski definition) is 0. The Labute approximate surface area is 129 Å². The molecule has 0 fully saturated rings. The first-order valence-electron chi connectivity index (χ1n) is 7.02. The summed E-state index contributed by atoms with van der Waals surface area (Å²) in [7, 11) is 5.70. The molecule has 0 atom stereocenters. The smallest absolute Gasteiger partial charge is 0.0882 e. The molecule has 0 aliphatic heterocycles. The van der Waals surface area contributed by atoms with Crippen LogP contribution in [-0.4, -0.2) is 7.85 Å². The minimum absolute atomic E-state index is 0.613. The molecule has 0 aliphatic rings. The molecule has 0 amide bonds. The van der Waals surface area contributed by atoms with Crippen molar-refractivity contribution in [3.05, 3.63) is 84.4 Å². The summed E-state index contributed by atoms with van der Waals surface area (Å²) in [5.41, 5.74) is 2.14. The van der Waals surface area contributed by atoms with Crippen molar-refractivity contribution in [2.45, 2.75) is 6.92 Å². The van der Waals surface area contributed by atoms with Gasteiger partial charge in [-0.25, -0.2) is 0 Å². The van der Waals surface area contributed by atoms with Gasteiger partial charge in [-0.05, 0) is 36.3 Å². The molecule has 21 heavy (non-hydrogen) atoms. The molecule has 3 aromatic rings. The quantitative estimate of drug-likeness (QED) is 0.513. The van der Waals surface area contributed by atoms with Gasteiger partial charge in [-0.1, -0.05) is 84.3 Å². The van der Waals surface area contributed by atoms with Crippen molar-refractivity contribution in [2.75, 3.05) is 0 Å². The highest BCUT2D eigenvalue weighted by Gasteiger charge is 2.19. The molecule has 0 N–H and O–H groups in total. The summed E-state index contributed by atoms with van der Waals surface area (Å²) in [6.45, 7) is 2.15. The second kappa shape index (κ2) is 6.29. The zero-order valence-corrected chi connectivity index (χ0v) is 12.9. The zero-order chi connectivity index (χ0) is 14.7. The van der Waals surface area contributed by atoms with Gasteiger partial charge in [0.15, 0.2) is 0 Å². The van der Waals surface area contributed by atoms with E-state index in [4.69, 9.17) is 7.85 Å². The number of rotatable bonds is 3. The van der Waals surface area contributed by atoms with Gasteiger partial charge in [-0.2, -0.15) is 0 Å². The van der Waals surface area contributed by atoms with Crippen LogP contribution in [0.15, 0.2) is 78.9 Å². The first-order valence-corrected chi connectivity index (χ1v) is 8.37. The summed E-state index contributed by atoms with van der Waals surface area (Å²) in [5.74, 6) is 0. The highest BCUT2D eigenvalue weighted by Crippen LogP contribution is 2.32. The van der Waals surface area contributed by atoms with Crippen molar-refractivity contribution in [1.29, 1.82) is 0 Å². The van der Waals surface area contributed by atoms with Crippen LogP contribution < -0.4 is 21.4 Å². The Balaban J connectivity index is 2.23. The first-order chi connectivity index (χ1) is 10.3. The molecule has 0 unspecified atom stereocenters. The largest absolute Gasteiger partial charge is 0.114 e. The highest BCUT2D eigenvalue weighted by atomic mass is 31.1. The van der Waals surface area contributed by atoms with Crippen LogP contribution in [-0.2, 0) is 0 Å². The lowest BCUT2D eigenvalue weighted by Gasteiger charge is -2.23. The fraction of sp³-hybridized carbons (Fsp3) is 0.0526. The average Bonchev–Trinajstić information content (AvgIpc) is 2.53. The number of aryl methyl sites for hydroxylation is 1. The van der Waals surface area contributed by atoms with E-state index in [1.807, 2.05) is 12.1 Å². The lowest BCUT2D eigenvalue weighted by atomic mass is 9.94. The van der Waals surface area contributed by atoms with E-state index in [9.17, 15) is 0 Å². The van der Waals surface area contributed by atoms with E-state index in [0.717, 1.165) is 5.46 Å². The van der Waals surface area contributed by atoms with Gasteiger partial charge in [0.1, 0.15) is 7.85 Å². The summed E-state index contributed by atoms with van der Waals surface area (Å²) in [4.78, 5) is 0. The van der Waals surface area contributed by atoms with Gasteiger partial charge in [0.25, 0.3) is 0 Å². The maximum atomic E-state index is 6.31. The van der Waals surface area contributed by atoms with Gasteiger partial charge in [-0.3, -0.25) is 0 Å². The van der Waals surface area contributed by atoms with Crippen molar-refractivity contribution in [3.8, 4) is 0 Å². The normalized spacial score (nSPS) is 10.8. The Bertz CT molecular complexity index is 663. The van der Waals surface area contributed by atoms with Crippen LogP contribution in [0.1, 0.15) is 5.56 Å². The molecule has 0 aromatic heterocycles. The second-order valence-corrected chi connectivity index (χ2v) is 7.17. The third-order valence-electron chi connectivity index (χ3n) is 3.52. The molecule has 2 heteroatoms. The molecule has 0 spiro atoms. The van der Waals surface area contributed by atoms with Crippen LogP contribution in [0, 0.1) is 6.92 Å². The van der Waals surface area contributed by atoms with Crippen LogP contribution in [0.2, 0.25) is 0 Å². The van der Waals surface area contributed by atoms with Gasteiger partial charge < -0.3 is 0 Å². The molecular weight excluding hydrogens is 270 g/mol. The standard InChI is InChI=1S/C19H16BP/c1-15-9-8-14-18(20)19(15)21(16-10-4-2-5-11-16)17-12-6-3-7-13-17/h2-14H,1H3. The summed E-state index contributed by atoms with van der Waals surface area (Å²) in [6.07, 6.45) is 0. The van der Waals surface area contributed by atoms with Crippen molar-refractivity contribution < 1.29 is 0 Å². The van der Waals surface area contributed by atoms with E-state index in [1.54, 1.807) is 0 Å². The fourth-order valence-corrected chi connectivity index (χ4v) is 5.06. The minimum atomic E-state index is -0.613. The SMILES string of the molecule is [B]c1cccc(C)c1P(c1ccccc1)c1ccccc1. The molecule has 0 heterocycles. The molecule has 2 radical (unpaired) electrons. The lowest BCUT2D eigenvalue weighted by Crippen LogP contribution is -2.33. The monoisotopic (exact) mass is 286 g/mol. The van der Waals surface area contributed by atoms with Crippen molar-refractivity contribution >= 4 is 37.1 Å². The van der Waals surface area contributed by atoms with Gasteiger partial charge in [0, 0.05) is 0 Å². The average molecular weight is 286 g/mol. The maximum absolute atomic E-state index is 6.31. The van der Waals surface area contributed by atoms with Crippen molar-refractivity contribution in [1.82, 2.24) is 0 Å². The van der Waals surface area contributed by atoms with Crippen LogP contribution >= 0.6 is 7.92 Å². The number of benzene rings is 3. The van der Waals surface area contributed by atoms with Gasteiger partial charge in [-0.15, -0.1) is 0 Å². The van der Waals surface area contributed by atoms with Crippen LogP contribution in [0.3, 0.4) is 0 Å². The van der Waals surface area contributed by atoms with E-state index >= 15 is 0 Å². The third kappa shape index (κ3) is 2.94. The Morgan fingerprint density at radius 2 is 1.19 bits per heavy atom. The minimum Gasteiger partial charge on any atom is -0.0882 e. The molecule has 0 saturated carbocycles. The van der Waals surface area contributed by atoms with Gasteiger partial charge >= 0.3 is 0 Å². The van der Waals surface area contributed by atoms with Crippen LogP contribution in [0.25, 0.3) is 0 Å². The van der Waals surface area contributed by atoms with Gasteiger partial charge in [0.2, 0.25) is 0 Å². The van der Waals surface area contributed by atoms with Gasteiger partial charge in [0.05, 0.1) is 0 Å². The van der Waals surface area contributed by atoms with E-state index < -0.39 is 7.92 Å². The Kier molecular flexibility index (Phi) is 4.22. The summed E-state index contributed by atoms with van der Waals surface area (Å²) < 4.78 is 0. The molecule has 0 nitrogen and oxygen atoms in total. The number of hydrogen-bond acceptors (Lipinski definition) is 0. The van der Waals surface area contributed by atoms with Crippen molar-refractivity contribution in [2.24, 2.45) is 0 Å². The summed E-state index contributed by atoms with van der Waals surface area (Å²) >= 11 is 0. The van der Waals surface area contributed by atoms with E-state index in [2.05, 4.69) is 73.7 Å². The lowest BCUT2D eigenvalue weighted by molar-refractivity contribution is 1.53. The highest BCUT2D eigenvalue weighted by molar-refractivity contribution is 7.80. The topological polar surface area (TPSA) is 0 Å². The molecule has 100 valence electrons.